The number of rotatable bonds is 3. The van der Waals surface area contributed by atoms with Crippen LogP contribution in [0, 0.1) is 0 Å². The third kappa shape index (κ3) is 2.62. The second-order valence-electron chi connectivity index (χ2n) is 7.53. The van der Waals surface area contributed by atoms with E-state index in [1.807, 2.05) is 11.0 Å². The molecule has 3 aliphatic rings. The average molecular weight is 346 g/mol. The normalized spacial score (nSPS) is 31.0. The summed E-state index contributed by atoms with van der Waals surface area (Å²) in [5, 5.41) is 0. The number of carbonyl (C=O) groups excluding carboxylic acids is 1. The Morgan fingerprint density at radius 2 is 2.16 bits per heavy atom. The maximum Gasteiger partial charge on any atom is 0.261 e. The van der Waals surface area contributed by atoms with E-state index in [0.717, 1.165) is 56.2 Å². The number of hydrogen-bond acceptors (Lipinski definition) is 4. The zero-order valence-corrected chi connectivity index (χ0v) is 15.0. The van der Waals surface area contributed by atoms with Crippen LogP contribution in [0.5, 0.6) is 0 Å². The Morgan fingerprint density at radius 1 is 1.32 bits per heavy atom. The van der Waals surface area contributed by atoms with Crippen LogP contribution in [0.1, 0.15) is 53.7 Å². The van der Waals surface area contributed by atoms with Crippen LogP contribution in [0.25, 0.3) is 0 Å². The summed E-state index contributed by atoms with van der Waals surface area (Å²) in [7, 11) is 3.45. The number of fused-ring (bicyclic) bond motifs is 2. The first-order chi connectivity index (χ1) is 12.1. The van der Waals surface area contributed by atoms with Crippen molar-refractivity contribution in [2.45, 2.75) is 62.7 Å². The molecule has 2 fully saturated rings. The van der Waals surface area contributed by atoms with Gasteiger partial charge in [-0.3, -0.25) is 9.59 Å². The van der Waals surface area contributed by atoms with Gasteiger partial charge in [-0.2, -0.15) is 0 Å². The lowest BCUT2D eigenvalue weighted by molar-refractivity contribution is -0.0893. The molecule has 2 aliphatic carbocycles. The van der Waals surface area contributed by atoms with Crippen LogP contribution in [0.2, 0.25) is 0 Å². The fourth-order valence-electron chi connectivity index (χ4n) is 4.95. The minimum atomic E-state index is -0.297. The maximum atomic E-state index is 13.2. The van der Waals surface area contributed by atoms with Gasteiger partial charge in [0.2, 0.25) is 0 Å². The summed E-state index contributed by atoms with van der Waals surface area (Å²) in [5.41, 5.74) is 1.81. The third-order valence-corrected chi connectivity index (χ3v) is 6.45. The summed E-state index contributed by atoms with van der Waals surface area (Å²) in [6.45, 7) is 0.629. The van der Waals surface area contributed by atoms with Crippen LogP contribution in [0.4, 0.5) is 0 Å². The molecule has 1 aromatic heterocycles. The molecule has 0 unspecified atom stereocenters. The maximum absolute atomic E-state index is 13.2. The average Bonchev–Trinajstić information content (AvgIpc) is 3.23. The van der Waals surface area contributed by atoms with Crippen molar-refractivity contribution in [1.82, 2.24) is 9.88 Å². The molecule has 1 aromatic rings. The largest absolute Gasteiger partial charge is 0.381 e. The monoisotopic (exact) mass is 346 g/mol. The molecule has 4 rings (SSSR count). The molecule has 6 heteroatoms. The predicted octanol–water partition coefficient (Wildman–Crippen LogP) is 1.66. The number of aromatic nitrogens is 1. The lowest BCUT2D eigenvalue weighted by atomic mass is 9.79. The van der Waals surface area contributed by atoms with E-state index in [0.29, 0.717) is 6.54 Å². The minimum absolute atomic E-state index is 0.0312. The van der Waals surface area contributed by atoms with Gasteiger partial charge in [0.25, 0.3) is 11.5 Å². The van der Waals surface area contributed by atoms with Gasteiger partial charge >= 0.3 is 0 Å². The molecule has 136 valence electrons. The quantitative estimate of drug-likeness (QED) is 0.904. The lowest BCUT2D eigenvalue weighted by Gasteiger charge is -2.43. The van der Waals surface area contributed by atoms with Gasteiger partial charge in [-0.1, -0.05) is 0 Å². The number of nitrogens with zero attached hydrogens (tertiary/aromatic N) is 1. The fourth-order valence-corrected chi connectivity index (χ4v) is 4.95. The Bertz CT molecular complexity index is 743. The number of pyridine rings is 1. The smallest absolute Gasteiger partial charge is 0.261 e. The minimum Gasteiger partial charge on any atom is -0.381 e. The molecule has 1 saturated carbocycles. The summed E-state index contributed by atoms with van der Waals surface area (Å²) in [5.74, 6) is -0.170. The van der Waals surface area contributed by atoms with Gasteiger partial charge in [0, 0.05) is 26.5 Å². The van der Waals surface area contributed by atoms with Crippen LogP contribution in [-0.4, -0.2) is 54.3 Å². The number of ether oxygens (including phenoxy) is 2. The van der Waals surface area contributed by atoms with Crippen LogP contribution < -0.4 is 5.56 Å². The molecule has 2 heterocycles. The Labute approximate surface area is 147 Å². The van der Waals surface area contributed by atoms with Crippen LogP contribution in [-0.2, 0) is 22.3 Å². The van der Waals surface area contributed by atoms with Crippen molar-refractivity contribution in [2.24, 2.45) is 0 Å². The topological polar surface area (TPSA) is 71.6 Å². The van der Waals surface area contributed by atoms with Gasteiger partial charge < -0.3 is 19.4 Å². The van der Waals surface area contributed by atoms with Gasteiger partial charge in [0.1, 0.15) is 5.56 Å². The van der Waals surface area contributed by atoms with Crippen molar-refractivity contribution in [1.29, 1.82) is 0 Å². The van der Waals surface area contributed by atoms with Crippen LogP contribution >= 0.6 is 0 Å². The molecule has 0 bridgehead atoms. The Kier molecular flexibility index (Phi) is 4.20. The van der Waals surface area contributed by atoms with Crippen molar-refractivity contribution in [3.05, 3.63) is 33.2 Å². The number of aromatic amines is 1. The van der Waals surface area contributed by atoms with E-state index in [4.69, 9.17) is 9.47 Å². The van der Waals surface area contributed by atoms with Crippen molar-refractivity contribution in [3.8, 4) is 0 Å². The molecule has 25 heavy (non-hydrogen) atoms. The lowest BCUT2D eigenvalue weighted by Crippen LogP contribution is -2.53. The summed E-state index contributed by atoms with van der Waals surface area (Å²) in [4.78, 5) is 30.4. The van der Waals surface area contributed by atoms with Crippen molar-refractivity contribution in [2.75, 3.05) is 20.8 Å². The summed E-state index contributed by atoms with van der Waals surface area (Å²) in [6, 6.07) is 1.78. The number of amides is 1. The number of hydrogen-bond donors (Lipinski definition) is 1. The van der Waals surface area contributed by atoms with Gasteiger partial charge in [0.05, 0.1) is 17.7 Å². The van der Waals surface area contributed by atoms with E-state index in [2.05, 4.69) is 4.98 Å². The highest BCUT2D eigenvalue weighted by Gasteiger charge is 2.52. The Morgan fingerprint density at radius 3 is 2.92 bits per heavy atom. The highest BCUT2D eigenvalue weighted by atomic mass is 16.5. The first-order valence-electron chi connectivity index (χ1n) is 9.22. The highest BCUT2D eigenvalue weighted by Crippen LogP contribution is 2.43. The number of H-pyrrole nitrogens is 1. The molecule has 3 atom stereocenters. The SMILES string of the molecule is CO[C@@H]1CC[C@@]2(OC)CCN(C(=O)c3cc4c([nH]c3=O)CCC4)[C@H]2C1. The molecule has 1 amide bonds. The summed E-state index contributed by atoms with van der Waals surface area (Å²) >= 11 is 0. The van der Waals surface area contributed by atoms with E-state index in [1.165, 1.54) is 0 Å². The molecule has 0 spiro atoms. The van der Waals surface area contributed by atoms with E-state index >= 15 is 0 Å². The van der Waals surface area contributed by atoms with Crippen LogP contribution in [0.15, 0.2) is 10.9 Å². The van der Waals surface area contributed by atoms with E-state index < -0.39 is 0 Å². The second kappa shape index (κ2) is 6.25. The zero-order chi connectivity index (χ0) is 17.6. The number of carbonyl (C=O) groups is 1. The second-order valence-corrected chi connectivity index (χ2v) is 7.53. The van der Waals surface area contributed by atoms with E-state index in [1.54, 1.807) is 14.2 Å². The molecule has 6 nitrogen and oxygen atoms in total. The molecule has 0 radical (unpaired) electrons. The highest BCUT2D eigenvalue weighted by molar-refractivity contribution is 5.94. The summed E-state index contributed by atoms with van der Waals surface area (Å²) < 4.78 is 11.4. The van der Waals surface area contributed by atoms with Gasteiger partial charge in [-0.15, -0.1) is 0 Å². The summed E-state index contributed by atoms with van der Waals surface area (Å²) in [6.07, 6.45) is 6.42. The first kappa shape index (κ1) is 16.8. The number of likely N-dealkylation sites (tertiary alicyclic amines) is 1. The van der Waals surface area contributed by atoms with Crippen molar-refractivity contribution in [3.63, 3.8) is 0 Å². The number of methoxy groups -OCH3 is 2. The first-order valence-corrected chi connectivity index (χ1v) is 9.22. The number of aryl methyl sites for hydroxylation is 2. The standard InChI is InChI=1S/C19H26N2O4/c1-24-13-6-7-19(25-2)8-9-21(16(19)11-13)18(23)14-10-12-4-3-5-15(12)20-17(14)22/h10,13,16H,3-9,11H2,1-2H3,(H,20,22)/t13-,16+,19-/m1/s1. The molecular weight excluding hydrogens is 320 g/mol. The van der Waals surface area contributed by atoms with Gasteiger partial charge in [0.15, 0.2) is 0 Å². The van der Waals surface area contributed by atoms with Gasteiger partial charge in [-0.05, 0) is 56.6 Å². The molecule has 1 aliphatic heterocycles. The van der Waals surface area contributed by atoms with E-state index in [-0.39, 0.29) is 34.8 Å². The Hall–Kier alpha value is -1.66. The Balaban J connectivity index is 1.65. The van der Waals surface area contributed by atoms with Crippen molar-refractivity contribution >= 4 is 5.91 Å². The molecular formula is C19H26N2O4. The van der Waals surface area contributed by atoms with E-state index in [9.17, 15) is 9.59 Å². The molecule has 1 N–H and O–H groups in total. The molecule has 0 aromatic carbocycles. The fraction of sp³-hybridized carbons (Fsp3) is 0.684. The van der Waals surface area contributed by atoms with Gasteiger partial charge in [-0.25, -0.2) is 0 Å². The van der Waals surface area contributed by atoms with Crippen molar-refractivity contribution < 1.29 is 14.3 Å². The number of nitrogens with one attached hydrogen (secondary N) is 1. The predicted molar refractivity (Wildman–Crippen MR) is 92.9 cm³/mol. The zero-order valence-electron chi connectivity index (χ0n) is 15.0. The van der Waals surface area contributed by atoms with Crippen LogP contribution in [0.3, 0.4) is 0 Å². The third-order valence-electron chi connectivity index (χ3n) is 6.45. The molecule has 1 saturated heterocycles.